The van der Waals surface area contributed by atoms with Crippen molar-refractivity contribution in [2.24, 2.45) is 5.73 Å². The number of hydrogen-bond acceptors (Lipinski definition) is 5. The summed E-state index contributed by atoms with van der Waals surface area (Å²) in [4.78, 5) is 0.258. The summed E-state index contributed by atoms with van der Waals surface area (Å²) in [5, 5.41) is 6.42. The second kappa shape index (κ2) is 6.00. The van der Waals surface area contributed by atoms with Crippen molar-refractivity contribution in [2.45, 2.75) is 30.8 Å². The third-order valence-electron chi connectivity index (χ3n) is 3.27. The van der Waals surface area contributed by atoms with Crippen molar-refractivity contribution in [2.75, 3.05) is 26.2 Å². The summed E-state index contributed by atoms with van der Waals surface area (Å²) in [5.41, 5.74) is 5.95. The fourth-order valence-electron chi connectivity index (χ4n) is 2.21. The standard InChI is InChI=1S/C11H20N4O3S/c1-9-11(8-13-14-9)19(16,17)15-5-2-10(3-6-15)18-7-4-12/h8,10H,2-7,12H2,1H3,(H,13,14). The Bertz CT molecular complexity index is 506. The summed E-state index contributed by atoms with van der Waals surface area (Å²) in [5.74, 6) is 0. The topological polar surface area (TPSA) is 101 Å². The third kappa shape index (κ3) is 3.14. The molecule has 7 nitrogen and oxygen atoms in total. The molecular formula is C11H20N4O3S. The number of nitrogens with zero attached hydrogens (tertiary/aromatic N) is 2. The maximum absolute atomic E-state index is 12.4. The van der Waals surface area contributed by atoms with E-state index >= 15 is 0 Å². The molecule has 0 aliphatic carbocycles. The quantitative estimate of drug-likeness (QED) is 0.784. The van der Waals surface area contributed by atoms with Gasteiger partial charge in [0.25, 0.3) is 0 Å². The van der Waals surface area contributed by atoms with Crippen molar-refractivity contribution in [3.63, 3.8) is 0 Å². The molecule has 0 atom stereocenters. The van der Waals surface area contributed by atoms with Crippen LogP contribution in [0.4, 0.5) is 0 Å². The molecule has 1 aliphatic rings. The Morgan fingerprint density at radius 3 is 2.74 bits per heavy atom. The lowest BCUT2D eigenvalue weighted by molar-refractivity contribution is 0.0257. The van der Waals surface area contributed by atoms with Crippen molar-refractivity contribution >= 4 is 10.0 Å². The van der Waals surface area contributed by atoms with Gasteiger partial charge in [-0.1, -0.05) is 0 Å². The maximum Gasteiger partial charge on any atom is 0.246 e. The van der Waals surface area contributed by atoms with Gasteiger partial charge in [-0.15, -0.1) is 0 Å². The van der Waals surface area contributed by atoms with Crippen LogP contribution >= 0.6 is 0 Å². The van der Waals surface area contributed by atoms with E-state index in [-0.39, 0.29) is 11.0 Å². The van der Waals surface area contributed by atoms with Crippen LogP contribution in [0.3, 0.4) is 0 Å². The van der Waals surface area contributed by atoms with Gasteiger partial charge in [-0.2, -0.15) is 9.40 Å². The monoisotopic (exact) mass is 288 g/mol. The smallest absolute Gasteiger partial charge is 0.246 e. The van der Waals surface area contributed by atoms with Crippen molar-refractivity contribution in [3.05, 3.63) is 11.9 Å². The van der Waals surface area contributed by atoms with Gasteiger partial charge in [-0.25, -0.2) is 8.42 Å². The van der Waals surface area contributed by atoms with Crippen LogP contribution in [0.15, 0.2) is 11.1 Å². The zero-order chi connectivity index (χ0) is 13.9. The van der Waals surface area contributed by atoms with Gasteiger partial charge >= 0.3 is 0 Å². The van der Waals surface area contributed by atoms with Crippen LogP contribution in [0.5, 0.6) is 0 Å². The predicted octanol–water partition coefficient (Wildman–Crippen LogP) is -0.153. The van der Waals surface area contributed by atoms with Gasteiger partial charge in [0.1, 0.15) is 4.90 Å². The van der Waals surface area contributed by atoms with Gasteiger partial charge in [-0.3, -0.25) is 5.10 Å². The molecule has 1 aromatic rings. The summed E-state index contributed by atoms with van der Waals surface area (Å²) in [6.45, 7) is 3.67. The molecule has 0 radical (unpaired) electrons. The number of ether oxygens (including phenoxy) is 1. The van der Waals surface area contributed by atoms with E-state index in [4.69, 9.17) is 10.5 Å². The number of nitrogens with one attached hydrogen (secondary N) is 1. The van der Waals surface area contributed by atoms with Gasteiger partial charge in [-0.05, 0) is 19.8 Å². The number of H-pyrrole nitrogens is 1. The van der Waals surface area contributed by atoms with E-state index in [1.54, 1.807) is 6.92 Å². The van der Waals surface area contributed by atoms with Crippen molar-refractivity contribution in [1.82, 2.24) is 14.5 Å². The number of sulfonamides is 1. The lowest BCUT2D eigenvalue weighted by Gasteiger charge is -2.30. The molecule has 0 aromatic carbocycles. The molecule has 8 heteroatoms. The largest absolute Gasteiger partial charge is 0.377 e. The second-order valence-electron chi connectivity index (χ2n) is 4.62. The van der Waals surface area contributed by atoms with Crippen LogP contribution in [-0.4, -0.2) is 55.3 Å². The number of aromatic amines is 1. The highest BCUT2D eigenvalue weighted by atomic mass is 32.2. The average Bonchev–Trinajstić information content (AvgIpc) is 2.84. The Balaban J connectivity index is 2.00. The van der Waals surface area contributed by atoms with E-state index in [0.717, 1.165) is 0 Å². The molecule has 1 fully saturated rings. The SMILES string of the molecule is Cc1[nH]ncc1S(=O)(=O)N1CCC(OCCN)CC1. The minimum atomic E-state index is -3.43. The zero-order valence-electron chi connectivity index (χ0n) is 11.0. The molecule has 1 saturated heterocycles. The molecule has 2 heterocycles. The number of rotatable bonds is 5. The highest BCUT2D eigenvalue weighted by Gasteiger charge is 2.31. The predicted molar refractivity (Wildman–Crippen MR) is 70.1 cm³/mol. The molecule has 108 valence electrons. The Labute approximate surface area is 113 Å². The van der Waals surface area contributed by atoms with Gasteiger partial charge in [0.2, 0.25) is 10.0 Å². The molecule has 1 aromatic heterocycles. The number of nitrogens with two attached hydrogens (primary N) is 1. The first-order chi connectivity index (χ1) is 9.05. The fraction of sp³-hybridized carbons (Fsp3) is 0.727. The molecule has 2 rings (SSSR count). The van der Waals surface area contributed by atoms with Crippen LogP contribution in [0.25, 0.3) is 0 Å². The van der Waals surface area contributed by atoms with E-state index in [9.17, 15) is 8.42 Å². The van der Waals surface area contributed by atoms with E-state index in [1.165, 1.54) is 10.5 Å². The highest BCUT2D eigenvalue weighted by molar-refractivity contribution is 7.89. The Morgan fingerprint density at radius 2 is 2.21 bits per heavy atom. The molecule has 0 saturated carbocycles. The minimum Gasteiger partial charge on any atom is -0.377 e. The first-order valence-corrected chi connectivity index (χ1v) is 7.81. The molecule has 0 bridgehead atoms. The molecule has 3 N–H and O–H groups in total. The number of hydrogen-bond donors (Lipinski definition) is 2. The zero-order valence-corrected chi connectivity index (χ0v) is 11.8. The van der Waals surface area contributed by atoms with Crippen molar-refractivity contribution < 1.29 is 13.2 Å². The summed E-state index contributed by atoms with van der Waals surface area (Å²) < 4.78 is 31.8. The lowest BCUT2D eigenvalue weighted by atomic mass is 10.1. The second-order valence-corrected chi connectivity index (χ2v) is 6.53. The van der Waals surface area contributed by atoms with Gasteiger partial charge in [0.05, 0.1) is 24.6 Å². The number of piperidine rings is 1. The normalized spacial score (nSPS) is 18.8. The summed E-state index contributed by atoms with van der Waals surface area (Å²) in [6, 6.07) is 0. The highest BCUT2D eigenvalue weighted by Crippen LogP contribution is 2.22. The summed E-state index contributed by atoms with van der Waals surface area (Å²) >= 11 is 0. The third-order valence-corrected chi connectivity index (χ3v) is 5.29. The summed E-state index contributed by atoms with van der Waals surface area (Å²) in [6.07, 6.45) is 2.88. The van der Waals surface area contributed by atoms with Crippen LogP contribution in [-0.2, 0) is 14.8 Å². The van der Waals surface area contributed by atoms with Gasteiger partial charge in [0.15, 0.2) is 0 Å². The molecule has 1 aliphatic heterocycles. The fourth-order valence-corrected chi connectivity index (χ4v) is 3.80. The van der Waals surface area contributed by atoms with Gasteiger partial charge < -0.3 is 10.5 Å². The van der Waals surface area contributed by atoms with Crippen molar-refractivity contribution in [3.8, 4) is 0 Å². The Kier molecular flexibility index (Phi) is 4.56. The molecule has 0 spiro atoms. The molecule has 19 heavy (non-hydrogen) atoms. The van der Waals surface area contributed by atoms with E-state index < -0.39 is 10.0 Å². The van der Waals surface area contributed by atoms with Crippen molar-refractivity contribution in [1.29, 1.82) is 0 Å². The number of aryl methyl sites for hydroxylation is 1. The first kappa shape index (κ1) is 14.4. The van der Waals surface area contributed by atoms with Crippen LogP contribution < -0.4 is 5.73 Å². The minimum absolute atomic E-state index is 0.112. The Morgan fingerprint density at radius 1 is 1.53 bits per heavy atom. The van der Waals surface area contributed by atoms with E-state index in [2.05, 4.69) is 10.2 Å². The van der Waals surface area contributed by atoms with Crippen LogP contribution in [0, 0.1) is 6.92 Å². The van der Waals surface area contributed by atoms with Crippen LogP contribution in [0.2, 0.25) is 0 Å². The van der Waals surface area contributed by atoms with E-state index in [0.29, 0.717) is 44.8 Å². The van der Waals surface area contributed by atoms with Gasteiger partial charge in [0, 0.05) is 19.6 Å². The average molecular weight is 288 g/mol. The molecular weight excluding hydrogens is 268 g/mol. The summed E-state index contributed by atoms with van der Waals surface area (Å²) in [7, 11) is -3.43. The molecule has 0 unspecified atom stereocenters. The lowest BCUT2D eigenvalue weighted by Crippen LogP contribution is -2.41. The Hall–Kier alpha value is -0.960. The van der Waals surface area contributed by atoms with Crippen LogP contribution in [0.1, 0.15) is 18.5 Å². The molecule has 0 amide bonds. The number of aromatic nitrogens is 2. The maximum atomic E-state index is 12.4. The first-order valence-electron chi connectivity index (χ1n) is 6.37. The van der Waals surface area contributed by atoms with E-state index in [1.807, 2.05) is 0 Å².